The first-order chi connectivity index (χ1) is 13.2. The van der Waals surface area contributed by atoms with Crippen molar-refractivity contribution in [3.63, 3.8) is 0 Å². The van der Waals surface area contributed by atoms with Crippen LogP contribution in [-0.4, -0.2) is 16.7 Å². The Kier molecular flexibility index (Phi) is 5.84. The van der Waals surface area contributed by atoms with Gasteiger partial charge in [0.05, 0.1) is 6.54 Å². The second-order valence-corrected chi connectivity index (χ2v) is 8.13. The summed E-state index contributed by atoms with van der Waals surface area (Å²) in [6.07, 6.45) is 8.28. The average Bonchev–Trinajstić information content (AvgIpc) is 2.70. The molecular formula is C21H24Cl2N4. The number of benzene rings is 1. The van der Waals surface area contributed by atoms with E-state index in [1.54, 1.807) is 0 Å². The van der Waals surface area contributed by atoms with E-state index in [9.17, 15) is 0 Å². The van der Waals surface area contributed by atoms with E-state index in [4.69, 9.17) is 33.4 Å². The van der Waals surface area contributed by atoms with Crippen molar-refractivity contribution < 1.29 is 0 Å². The third kappa shape index (κ3) is 4.22. The molecule has 0 saturated heterocycles. The van der Waals surface area contributed by atoms with Gasteiger partial charge < -0.3 is 0 Å². The molecule has 1 N–H and O–H groups in total. The highest BCUT2D eigenvalue weighted by Gasteiger charge is 2.27. The summed E-state index contributed by atoms with van der Waals surface area (Å²) >= 11 is 13.1. The van der Waals surface area contributed by atoms with E-state index in [1.165, 1.54) is 5.56 Å². The number of allylic oxidation sites excluding steroid dienone is 2. The molecule has 1 aliphatic heterocycles. The highest BCUT2D eigenvalue weighted by Crippen LogP contribution is 2.32. The minimum atomic E-state index is 0.656. The molecular weight excluding hydrogens is 379 g/mol. The van der Waals surface area contributed by atoms with E-state index < -0.39 is 0 Å². The molecule has 6 heteroatoms. The van der Waals surface area contributed by atoms with Gasteiger partial charge in [0.25, 0.3) is 0 Å². The van der Waals surface area contributed by atoms with Gasteiger partial charge in [0, 0.05) is 21.2 Å². The zero-order valence-electron chi connectivity index (χ0n) is 15.3. The van der Waals surface area contributed by atoms with Gasteiger partial charge in [-0.25, -0.2) is 5.01 Å². The van der Waals surface area contributed by atoms with Crippen LogP contribution in [0.3, 0.4) is 0 Å². The van der Waals surface area contributed by atoms with Crippen LogP contribution in [0.1, 0.15) is 56.9 Å². The van der Waals surface area contributed by atoms with Gasteiger partial charge in [-0.2, -0.15) is 10.2 Å². The molecule has 0 fully saturated rings. The number of nitrogens with zero attached hydrogens (tertiary/aromatic N) is 3. The van der Waals surface area contributed by atoms with Crippen LogP contribution < -0.4 is 5.43 Å². The van der Waals surface area contributed by atoms with Crippen LogP contribution in [0.15, 0.2) is 61.7 Å². The van der Waals surface area contributed by atoms with E-state index in [-0.39, 0.29) is 0 Å². The first-order valence-electron chi connectivity index (χ1n) is 9.72. The maximum atomic E-state index is 6.56. The van der Waals surface area contributed by atoms with Gasteiger partial charge in [0.2, 0.25) is 0 Å². The third-order valence-electron chi connectivity index (χ3n) is 5.26. The van der Waals surface area contributed by atoms with Gasteiger partial charge in [-0.05, 0) is 56.9 Å². The number of nitrogens with one attached hydrogen (secondary N) is 1. The van der Waals surface area contributed by atoms with Crippen molar-refractivity contribution in [3.05, 3.63) is 57.1 Å². The lowest BCUT2D eigenvalue weighted by molar-refractivity contribution is 0.421. The van der Waals surface area contributed by atoms with Crippen LogP contribution in [0.25, 0.3) is 0 Å². The van der Waals surface area contributed by atoms with Crippen LogP contribution in [0.5, 0.6) is 0 Å². The fourth-order valence-electron chi connectivity index (χ4n) is 3.79. The molecule has 0 saturated carbocycles. The molecule has 0 atom stereocenters. The molecule has 0 amide bonds. The molecule has 4 rings (SSSR count). The summed E-state index contributed by atoms with van der Waals surface area (Å²) in [5.74, 6) is 1.60. The van der Waals surface area contributed by atoms with Gasteiger partial charge in [0.15, 0.2) is 11.7 Å². The van der Waals surface area contributed by atoms with Crippen molar-refractivity contribution in [2.75, 3.05) is 0 Å². The molecule has 0 radical (unpaired) electrons. The first-order valence-corrected chi connectivity index (χ1v) is 10.5. The van der Waals surface area contributed by atoms with Gasteiger partial charge >= 0.3 is 0 Å². The SMILES string of the molecule is ClC1=C(C2=NN(Cc3ccccc3)C(C3=C(Cl)CCCC3)=NN2)CCCC1. The lowest BCUT2D eigenvalue weighted by Crippen LogP contribution is -2.39. The summed E-state index contributed by atoms with van der Waals surface area (Å²) in [5, 5.41) is 13.4. The minimum Gasteiger partial charge on any atom is -0.258 e. The standard InChI is InChI=1S/C21H24Cl2N4/c22-18-12-6-4-10-16(18)20-24-25-21(17-11-5-7-13-19(17)23)27(26-20)14-15-8-2-1-3-9-15/h1-3,8-9H,4-7,10-14H2,(H,24,26). The molecule has 0 aromatic heterocycles. The molecule has 1 aromatic carbocycles. The number of hydrogen-bond donors (Lipinski definition) is 1. The number of halogens is 2. The summed E-state index contributed by atoms with van der Waals surface area (Å²) in [6.45, 7) is 0.656. The lowest BCUT2D eigenvalue weighted by Gasteiger charge is -2.30. The molecule has 1 aromatic rings. The Bertz CT molecular complexity index is 824. The van der Waals surface area contributed by atoms with Crippen LogP contribution >= 0.6 is 23.2 Å². The van der Waals surface area contributed by atoms with E-state index >= 15 is 0 Å². The molecule has 3 aliphatic rings. The van der Waals surface area contributed by atoms with E-state index in [2.05, 4.69) is 17.6 Å². The van der Waals surface area contributed by atoms with Crippen molar-refractivity contribution in [1.29, 1.82) is 0 Å². The Hall–Kier alpha value is -1.78. The largest absolute Gasteiger partial charge is 0.258 e. The Balaban J connectivity index is 1.68. The van der Waals surface area contributed by atoms with E-state index in [1.807, 2.05) is 23.2 Å². The fourth-order valence-corrected chi connectivity index (χ4v) is 4.42. The van der Waals surface area contributed by atoms with Crippen molar-refractivity contribution in [1.82, 2.24) is 10.4 Å². The Labute approximate surface area is 170 Å². The molecule has 1 heterocycles. The van der Waals surface area contributed by atoms with Crippen molar-refractivity contribution in [2.45, 2.75) is 57.9 Å². The third-order valence-corrected chi connectivity index (χ3v) is 6.10. The molecule has 4 nitrogen and oxygen atoms in total. The smallest absolute Gasteiger partial charge is 0.173 e. The second-order valence-electron chi connectivity index (χ2n) is 7.22. The highest BCUT2D eigenvalue weighted by atomic mass is 35.5. The summed E-state index contributed by atoms with van der Waals surface area (Å²) in [4.78, 5) is 0. The number of rotatable bonds is 4. The van der Waals surface area contributed by atoms with Crippen LogP contribution in [-0.2, 0) is 6.54 Å². The van der Waals surface area contributed by atoms with Crippen LogP contribution in [0, 0.1) is 0 Å². The van der Waals surface area contributed by atoms with Crippen LogP contribution in [0.2, 0.25) is 0 Å². The Morgan fingerprint density at radius 3 is 2.15 bits per heavy atom. The van der Waals surface area contributed by atoms with Crippen LogP contribution in [0.4, 0.5) is 0 Å². The van der Waals surface area contributed by atoms with E-state index in [0.717, 1.165) is 84.2 Å². The average molecular weight is 403 g/mol. The second kappa shape index (κ2) is 8.49. The predicted octanol–water partition coefficient (Wildman–Crippen LogP) is 5.85. The monoisotopic (exact) mass is 402 g/mol. The molecule has 0 spiro atoms. The topological polar surface area (TPSA) is 40.0 Å². The fraction of sp³-hybridized carbons (Fsp3) is 0.429. The number of hydrogen-bond acceptors (Lipinski definition) is 4. The Morgan fingerprint density at radius 1 is 0.852 bits per heavy atom. The van der Waals surface area contributed by atoms with Crippen molar-refractivity contribution >= 4 is 34.9 Å². The molecule has 0 bridgehead atoms. The summed E-state index contributed by atoms with van der Waals surface area (Å²) in [6, 6.07) is 10.3. The molecule has 142 valence electrons. The molecule has 27 heavy (non-hydrogen) atoms. The van der Waals surface area contributed by atoms with Gasteiger partial charge in [-0.3, -0.25) is 5.43 Å². The summed E-state index contributed by atoms with van der Waals surface area (Å²) < 4.78 is 0. The highest BCUT2D eigenvalue weighted by molar-refractivity contribution is 6.33. The van der Waals surface area contributed by atoms with Gasteiger partial charge in [-0.15, -0.1) is 0 Å². The number of amidine groups is 2. The lowest BCUT2D eigenvalue weighted by atomic mass is 9.97. The minimum absolute atomic E-state index is 0.656. The van der Waals surface area contributed by atoms with Crippen molar-refractivity contribution in [2.24, 2.45) is 10.2 Å². The Morgan fingerprint density at radius 2 is 1.48 bits per heavy atom. The van der Waals surface area contributed by atoms with Crippen molar-refractivity contribution in [3.8, 4) is 0 Å². The summed E-state index contributed by atoms with van der Waals surface area (Å²) in [5.41, 5.74) is 6.55. The van der Waals surface area contributed by atoms with Gasteiger partial charge in [-0.1, -0.05) is 53.5 Å². The zero-order chi connectivity index (χ0) is 18.6. The first kappa shape index (κ1) is 18.6. The maximum Gasteiger partial charge on any atom is 0.173 e. The molecule has 2 aliphatic carbocycles. The zero-order valence-corrected chi connectivity index (χ0v) is 16.9. The maximum absolute atomic E-state index is 6.56. The van der Waals surface area contributed by atoms with E-state index in [0.29, 0.717) is 6.54 Å². The molecule has 0 unspecified atom stereocenters. The normalized spacial score (nSPS) is 21.0. The number of hydrazone groups is 2. The quantitative estimate of drug-likeness (QED) is 0.685. The predicted molar refractivity (Wildman–Crippen MR) is 113 cm³/mol. The summed E-state index contributed by atoms with van der Waals surface area (Å²) in [7, 11) is 0. The van der Waals surface area contributed by atoms with Gasteiger partial charge in [0.1, 0.15) is 0 Å².